The Labute approximate surface area is 154 Å². The standard InChI is InChI=1S/C19H17N3O3S/c1-24-16-10-4-2-7-14(16)8-6-12-20-22-18(23)13-26-19-21-15-9-3-5-11-17(15)25-19/h2-12H,13H2,1H3,(H,22,23)/b8-6+,20-12+. The van der Waals surface area contributed by atoms with Crippen LogP contribution < -0.4 is 10.2 Å². The summed E-state index contributed by atoms with van der Waals surface area (Å²) in [6.45, 7) is 0. The van der Waals surface area contributed by atoms with Crippen molar-refractivity contribution in [3.8, 4) is 5.75 Å². The number of rotatable bonds is 7. The van der Waals surface area contributed by atoms with Crippen LogP contribution in [-0.4, -0.2) is 30.0 Å². The van der Waals surface area contributed by atoms with Crippen molar-refractivity contribution in [2.75, 3.05) is 12.9 Å². The molecule has 0 saturated carbocycles. The number of thioether (sulfide) groups is 1. The second kappa shape index (κ2) is 8.87. The van der Waals surface area contributed by atoms with Gasteiger partial charge in [-0.1, -0.05) is 42.1 Å². The minimum atomic E-state index is -0.237. The normalized spacial score (nSPS) is 11.4. The summed E-state index contributed by atoms with van der Waals surface area (Å²) in [6, 6.07) is 15.1. The largest absolute Gasteiger partial charge is 0.496 e. The number of amides is 1. The van der Waals surface area contributed by atoms with Crippen molar-refractivity contribution in [3.05, 3.63) is 60.2 Å². The molecule has 3 rings (SSSR count). The zero-order valence-electron chi connectivity index (χ0n) is 14.1. The van der Waals surface area contributed by atoms with E-state index in [1.54, 1.807) is 13.2 Å². The maximum Gasteiger partial charge on any atom is 0.257 e. The first-order valence-corrected chi connectivity index (χ1v) is 8.85. The fraction of sp³-hybridized carbons (Fsp3) is 0.105. The Morgan fingerprint density at radius 1 is 1.27 bits per heavy atom. The number of carbonyl (C=O) groups excluding carboxylic acids is 1. The fourth-order valence-electron chi connectivity index (χ4n) is 2.18. The van der Waals surface area contributed by atoms with Gasteiger partial charge in [-0.2, -0.15) is 5.10 Å². The Hall–Kier alpha value is -3.06. The van der Waals surface area contributed by atoms with E-state index in [-0.39, 0.29) is 11.7 Å². The number of aromatic nitrogens is 1. The van der Waals surface area contributed by atoms with Gasteiger partial charge in [0.15, 0.2) is 5.58 Å². The third-order valence-electron chi connectivity index (χ3n) is 3.37. The summed E-state index contributed by atoms with van der Waals surface area (Å²) in [5.41, 5.74) is 4.87. The first-order valence-electron chi connectivity index (χ1n) is 7.86. The quantitative estimate of drug-likeness (QED) is 0.391. The van der Waals surface area contributed by atoms with Gasteiger partial charge in [0.25, 0.3) is 11.1 Å². The predicted molar refractivity (Wildman–Crippen MR) is 103 cm³/mol. The van der Waals surface area contributed by atoms with Crippen LogP contribution in [0.2, 0.25) is 0 Å². The number of para-hydroxylation sites is 3. The van der Waals surface area contributed by atoms with E-state index in [1.165, 1.54) is 18.0 Å². The summed E-state index contributed by atoms with van der Waals surface area (Å²) in [6.07, 6.45) is 5.09. The third-order valence-corrected chi connectivity index (χ3v) is 4.19. The summed E-state index contributed by atoms with van der Waals surface area (Å²) in [5.74, 6) is 0.704. The van der Waals surface area contributed by atoms with Gasteiger partial charge in [0.05, 0.1) is 12.9 Å². The summed E-state index contributed by atoms with van der Waals surface area (Å²) >= 11 is 1.22. The molecule has 0 saturated heterocycles. The molecular formula is C19H17N3O3S. The molecule has 0 aliphatic carbocycles. The highest BCUT2D eigenvalue weighted by Gasteiger charge is 2.08. The number of nitrogens with one attached hydrogen (secondary N) is 1. The van der Waals surface area contributed by atoms with E-state index in [0.717, 1.165) is 16.8 Å². The lowest BCUT2D eigenvalue weighted by molar-refractivity contribution is -0.118. The van der Waals surface area contributed by atoms with Crippen LogP contribution in [-0.2, 0) is 4.79 Å². The molecule has 6 nitrogen and oxygen atoms in total. The number of ether oxygens (including phenoxy) is 1. The summed E-state index contributed by atoms with van der Waals surface area (Å²) in [5, 5.41) is 4.34. The zero-order valence-corrected chi connectivity index (χ0v) is 14.9. The van der Waals surface area contributed by atoms with Crippen molar-refractivity contribution >= 4 is 41.1 Å². The van der Waals surface area contributed by atoms with Crippen LogP contribution in [0.1, 0.15) is 5.56 Å². The molecule has 1 amide bonds. The highest BCUT2D eigenvalue weighted by atomic mass is 32.2. The third kappa shape index (κ3) is 4.73. The zero-order chi connectivity index (χ0) is 18.2. The van der Waals surface area contributed by atoms with Gasteiger partial charge in [0.2, 0.25) is 0 Å². The van der Waals surface area contributed by atoms with E-state index in [2.05, 4.69) is 15.5 Å². The number of carbonyl (C=O) groups is 1. The van der Waals surface area contributed by atoms with Crippen molar-refractivity contribution < 1.29 is 13.9 Å². The minimum Gasteiger partial charge on any atom is -0.496 e. The summed E-state index contributed by atoms with van der Waals surface area (Å²) in [7, 11) is 1.62. The van der Waals surface area contributed by atoms with Crippen LogP contribution in [0.4, 0.5) is 0 Å². The molecule has 0 spiro atoms. The molecule has 7 heteroatoms. The van der Waals surface area contributed by atoms with Crippen LogP contribution in [0.3, 0.4) is 0 Å². The van der Waals surface area contributed by atoms with Gasteiger partial charge in [-0.25, -0.2) is 10.4 Å². The minimum absolute atomic E-state index is 0.167. The molecule has 0 atom stereocenters. The number of oxazole rings is 1. The maximum atomic E-state index is 11.8. The number of benzene rings is 2. The predicted octanol–water partition coefficient (Wildman–Crippen LogP) is 3.74. The average Bonchev–Trinajstić information content (AvgIpc) is 3.09. The van der Waals surface area contributed by atoms with Gasteiger partial charge in [-0.15, -0.1) is 0 Å². The molecule has 0 bridgehead atoms. The Balaban J connectivity index is 1.46. The summed E-state index contributed by atoms with van der Waals surface area (Å²) in [4.78, 5) is 16.1. The number of fused-ring (bicyclic) bond motifs is 1. The Kier molecular flexibility index (Phi) is 6.05. The van der Waals surface area contributed by atoms with Crippen LogP contribution in [0.5, 0.6) is 5.75 Å². The van der Waals surface area contributed by atoms with Crippen molar-refractivity contribution in [2.24, 2.45) is 5.10 Å². The monoisotopic (exact) mass is 367 g/mol. The van der Waals surface area contributed by atoms with Gasteiger partial charge in [0, 0.05) is 11.8 Å². The molecular weight excluding hydrogens is 350 g/mol. The van der Waals surface area contributed by atoms with E-state index in [0.29, 0.717) is 10.8 Å². The lowest BCUT2D eigenvalue weighted by Crippen LogP contribution is -2.19. The van der Waals surface area contributed by atoms with Crippen LogP contribution in [0.15, 0.2) is 69.3 Å². The van der Waals surface area contributed by atoms with E-state index >= 15 is 0 Å². The second-order valence-electron chi connectivity index (χ2n) is 5.15. The van der Waals surface area contributed by atoms with Crippen molar-refractivity contribution in [3.63, 3.8) is 0 Å². The van der Waals surface area contributed by atoms with Crippen molar-refractivity contribution in [1.29, 1.82) is 0 Å². The first-order chi connectivity index (χ1) is 12.8. The second-order valence-corrected chi connectivity index (χ2v) is 6.08. The van der Waals surface area contributed by atoms with Crippen LogP contribution in [0, 0.1) is 0 Å². The van der Waals surface area contributed by atoms with Crippen LogP contribution in [0.25, 0.3) is 17.2 Å². The number of hydrazone groups is 1. The lowest BCUT2D eigenvalue weighted by atomic mass is 10.2. The van der Waals surface area contributed by atoms with E-state index in [1.807, 2.05) is 54.6 Å². The van der Waals surface area contributed by atoms with E-state index in [4.69, 9.17) is 9.15 Å². The Morgan fingerprint density at radius 2 is 2.08 bits per heavy atom. The lowest BCUT2D eigenvalue weighted by Gasteiger charge is -2.02. The number of hydrogen-bond donors (Lipinski definition) is 1. The molecule has 0 aliphatic rings. The summed E-state index contributed by atoms with van der Waals surface area (Å²) < 4.78 is 10.8. The number of allylic oxidation sites excluding steroid dienone is 1. The maximum absolute atomic E-state index is 11.8. The average molecular weight is 367 g/mol. The van der Waals surface area contributed by atoms with Crippen molar-refractivity contribution in [2.45, 2.75) is 5.22 Å². The highest BCUT2D eigenvalue weighted by Crippen LogP contribution is 2.22. The highest BCUT2D eigenvalue weighted by molar-refractivity contribution is 7.99. The molecule has 2 aromatic carbocycles. The van der Waals surface area contributed by atoms with Crippen molar-refractivity contribution in [1.82, 2.24) is 10.4 Å². The first kappa shape index (κ1) is 17.8. The van der Waals surface area contributed by atoms with E-state index < -0.39 is 0 Å². The molecule has 0 radical (unpaired) electrons. The molecule has 0 fully saturated rings. The molecule has 0 aliphatic heterocycles. The van der Waals surface area contributed by atoms with Gasteiger partial charge in [0.1, 0.15) is 11.3 Å². The topological polar surface area (TPSA) is 76.7 Å². The van der Waals surface area contributed by atoms with Gasteiger partial charge >= 0.3 is 0 Å². The van der Waals surface area contributed by atoms with Gasteiger partial charge in [-0.05, 0) is 30.4 Å². The number of hydrogen-bond acceptors (Lipinski definition) is 6. The number of methoxy groups -OCH3 is 1. The van der Waals surface area contributed by atoms with Crippen LogP contribution >= 0.6 is 11.8 Å². The smallest absolute Gasteiger partial charge is 0.257 e. The fourth-order valence-corrected chi connectivity index (χ4v) is 2.81. The van der Waals surface area contributed by atoms with E-state index in [9.17, 15) is 4.79 Å². The molecule has 1 N–H and O–H groups in total. The molecule has 26 heavy (non-hydrogen) atoms. The molecule has 1 heterocycles. The Morgan fingerprint density at radius 3 is 2.92 bits per heavy atom. The molecule has 3 aromatic rings. The Bertz CT molecular complexity index is 917. The molecule has 1 aromatic heterocycles. The molecule has 0 unspecified atom stereocenters. The number of nitrogens with zero attached hydrogens (tertiary/aromatic N) is 2. The van der Waals surface area contributed by atoms with Gasteiger partial charge in [-0.3, -0.25) is 4.79 Å². The molecule has 132 valence electrons. The van der Waals surface area contributed by atoms with Gasteiger partial charge < -0.3 is 9.15 Å². The SMILES string of the molecule is COc1ccccc1/C=C/C=N/NC(=O)CSc1nc2ccccc2o1.